The van der Waals surface area contributed by atoms with E-state index in [1.54, 1.807) is 6.92 Å². The zero-order valence-electron chi connectivity index (χ0n) is 8.12. The lowest BCUT2D eigenvalue weighted by atomic mass is 9.86. The summed E-state index contributed by atoms with van der Waals surface area (Å²) < 4.78 is 22.5. The largest absolute Gasteiger partial charge is 0.300 e. The smallest absolute Gasteiger partial charge is 0.150 e. The Balaban J connectivity index is 2.67. The van der Waals surface area contributed by atoms with E-state index in [9.17, 15) is 13.2 Å². The molecule has 13 heavy (non-hydrogen) atoms. The lowest BCUT2D eigenvalue weighted by molar-refractivity contribution is -0.121. The summed E-state index contributed by atoms with van der Waals surface area (Å²) in [6.45, 7) is 1.55. The molecule has 2 unspecified atom stereocenters. The molecule has 1 fully saturated rings. The minimum atomic E-state index is -2.94. The third-order valence-electron chi connectivity index (χ3n) is 2.81. The van der Waals surface area contributed by atoms with Gasteiger partial charge in [0.1, 0.15) is 15.6 Å². The number of ketones is 1. The molecular formula is C9H16O3S. The second kappa shape index (κ2) is 3.78. The lowest BCUT2D eigenvalue weighted by Gasteiger charge is -2.25. The Morgan fingerprint density at radius 3 is 2.38 bits per heavy atom. The summed E-state index contributed by atoms with van der Waals surface area (Å²) in [7, 11) is -2.94. The van der Waals surface area contributed by atoms with Gasteiger partial charge in [0, 0.05) is 12.2 Å². The molecule has 0 bridgehead atoms. The number of carbonyl (C=O) groups excluding carboxylic acids is 1. The first-order chi connectivity index (χ1) is 5.91. The molecule has 0 spiro atoms. The predicted molar refractivity (Wildman–Crippen MR) is 51.3 cm³/mol. The van der Waals surface area contributed by atoms with Crippen molar-refractivity contribution in [1.29, 1.82) is 0 Å². The number of sulfone groups is 1. The summed E-state index contributed by atoms with van der Waals surface area (Å²) in [4.78, 5) is 11.1. The number of Topliss-reactive ketones (excluding diaryl/α,β-unsaturated/α-hetero) is 1. The van der Waals surface area contributed by atoms with Gasteiger partial charge < -0.3 is 0 Å². The maximum Gasteiger partial charge on any atom is 0.150 e. The van der Waals surface area contributed by atoms with Gasteiger partial charge in [-0.2, -0.15) is 0 Å². The van der Waals surface area contributed by atoms with Gasteiger partial charge in [0.25, 0.3) is 0 Å². The highest BCUT2D eigenvalue weighted by atomic mass is 32.2. The van der Waals surface area contributed by atoms with Gasteiger partial charge in [-0.05, 0) is 26.2 Å². The SMILES string of the molecule is CC(=O)C1CCCC(S(C)(=O)=O)C1. The Bertz CT molecular complexity index is 292. The Kier molecular flexibility index (Phi) is 3.11. The Hall–Kier alpha value is -0.380. The van der Waals surface area contributed by atoms with Crippen LogP contribution in [0, 0.1) is 5.92 Å². The zero-order chi connectivity index (χ0) is 10.1. The van der Waals surface area contributed by atoms with Crippen LogP contribution < -0.4 is 0 Å². The minimum absolute atomic E-state index is 0.0199. The molecule has 1 rings (SSSR count). The van der Waals surface area contributed by atoms with Crippen molar-refractivity contribution in [2.75, 3.05) is 6.26 Å². The van der Waals surface area contributed by atoms with Gasteiger partial charge in [0.05, 0.1) is 5.25 Å². The van der Waals surface area contributed by atoms with Crippen molar-refractivity contribution in [1.82, 2.24) is 0 Å². The number of carbonyl (C=O) groups is 1. The molecule has 3 nitrogen and oxygen atoms in total. The number of hydrogen-bond acceptors (Lipinski definition) is 3. The molecule has 0 aromatic heterocycles. The molecule has 0 heterocycles. The summed E-state index contributed by atoms with van der Waals surface area (Å²) in [6.07, 6.45) is 4.25. The highest BCUT2D eigenvalue weighted by molar-refractivity contribution is 7.91. The molecule has 1 aliphatic rings. The van der Waals surface area contributed by atoms with Crippen molar-refractivity contribution in [2.45, 2.75) is 37.9 Å². The van der Waals surface area contributed by atoms with Gasteiger partial charge in [-0.1, -0.05) is 6.42 Å². The van der Waals surface area contributed by atoms with Crippen LogP contribution in [0.2, 0.25) is 0 Å². The fourth-order valence-corrected chi connectivity index (χ4v) is 3.08. The predicted octanol–water partition coefficient (Wildman–Crippen LogP) is 1.18. The van der Waals surface area contributed by atoms with Crippen molar-refractivity contribution >= 4 is 15.6 Å². The van der Waals surface area contributed by atoms with E-state index in [0.717, 1.165) is 19.3 Å². The van der Waals surface area contributed by atoms with Crippen molar-refractivity contribution in [3.63, 3.8) is 0 Å². The second-order valence-corrected chi connectivity index (χ2v) is 6.25. The Labute approximate surface area is 79.4 Å². The van der Waals surface area contributed by atoms with Crippen LogP contribution in [0.5, 0.6) is 0 Å². The zero-order valence-corrected chi connectivity index (χ0v) is 8.93. The van der Waals surface area contributed by atoms with Gasteiger partial charge in [-0.15, -0.1) is 0 Å². The van der Waals surface area contributed by atoms with Crippen molar-refractivity contribution in [3.8, 4) is 0 Å². The van der Waals surface area contributed by atoms with Gasteiger partial charge in [0.2, 0.25) is 0 Å². The van der Waals surface area contributed by atoms with E-state index in [0.29, 0.717) is 6.42 Å². The van der Waals surface area contributed by atoms with Gasteiger partial charge in [-0.25, -0.2) is 8.42 Å². The highest BCUT2D eigenvalue weighted by Crippen LogP contribution is 2.28. The maximum atomic E-state index is 11.2. The normalized spacial score (nSPS) is 30.0. The monoisotopic (exact) mass is 204 g/mol. The van der Waals surface area contributed by atoms with Gasteiger partial charge >= 0.3 is 0 Å². The summed E-state index contributed by atoms with van der Waals surface area (Å²) in [5, 5.41) is -0.282. The summed E-state index contributed by atoms with van der Waals surface area (Å²) in [6, 6.07) is 0. The average molecular weight is 204 g/mol. The standard InChI is InChI=1S/C9H16O3S/c1-7(10)8-4-3-5-9(6-8)13(2,11)12/h8-9H,3-6H2,1-2H3. The first kappa shape index (κ1) is 10.7. The van der Waals surface area contributed by atoms with E-state index >= 15 is 0 Å². The summed E-state index contributed by atoms with van der Waals surface area (Å²) in [5.74, 6) is 0.113. The topological polar surface area (TPSA) is 51.2 Å². The summed E-state index contributed by atoms with van der Waals surface area (Å²) >= 11 is 0. The van der Waals surface area contributed by atoms with E-state index < -0.39 is 9.84 Å². The van der Waals surface area contributed by atoms with Crippen molar-refractivity contribution in [2.24, 2.45) is 5.92 Å². The van der Waals surface area contributed by atoms with Crippen LogP contribution in [0.4, 0.5) is 0 Å². The van der Waals surface area contributed by atoms with Crippen LogP contribution in [0.15, 0.2) is 0 Å². The molecule has 1 saturated carbocycles. The summed E-state index contributed by atoms with van der Waals surface area (Å²) in [5.41, 5.74) is 0. The average Bonchev–Trinajstić information content (AvgIpc) is 2.03. The molecule has 0 amide bonds. The van der Waals surface area contributed by atoms with E-state index in [2.05, 4.69) is 0 Å². The quantitative estimate of drug-likeness (QED) is 0.678. The highest BCUT2D eigenvalue weighted by Gasteiger charge is 2.30. The minimum Gasteiger partial charge on any atom is -0.300 e. The molecule has 0 saturated heterocycles. The molecule has 2 atom stereocenters. The van der Waals surface area contributed by atoms with Gasteiger partial charge in [0.15, 0.2) is 0 Å². The van der Waals surface area contributed by atoms with Crippen LogP contribution in [-0.2, 0) is 14.6 Å². The molecule has 0 N–H and O–H groups in total. The molecule has 0 aliphatic heterocycles. The molecule has 0 radical (unpaired) electrons. The van der Waals surface area contributed by atoms with E-state index in [4.69, 9.17) is 0 Å². The maximum absolute atomic E-state index is 11.2. The van der Waals surface area contributed by atoms with Crippen molar-refractivity contribution < 1.29 is 13.2 Å². The van der Waals surface area contributed by atoms with Crippen LogP contribution in [0.3, 0.4) is 0 Å². The van der Waals surface area contributed by atoms with Crippen molar-refractivity contribution in [3.05, 3.63) is 0 Å². The Morgan fingerprint density at radius 1 is 1.31 bits per heavy atom. The third kappa shape index (κ3) is 2.79. The lowest BCUT2D eigenvalue weighted by Crippen LogP contribution is -2.30. The van der Waals surface area contributed by atoms with Crippen LogP contribution in [-0.4, -0.2) is 25.7 Å². The second-order valence-electron chi connectivity index (χ2n) is 3.93. The van der Waals surface area contributed by atoms with Crippen LogP contribution in [0.25, 0.3) is 0 Å². The third-order valence-corrected chi connectivity index (χ3v) is 4.45. The Morgan fingerprint density at radius 2 is 1.92 bits per heavy atom. The van der Waals surface area contributed by atoms with E-state index in [1.807, 2.05) is 0 Å². The molecule has 76 valence electrons. The van der Waals surface area contributed by atoms with E-state index in [1.165, 1.54) is 6.26 Å². The fourth-order valence-electron chi connectivity index (χ4n) is 1.90. The van der Waals surface area contributed by atoms with Crippen LogP contribution >= 0.6 is 0 Å². The fraction of sp³-hybridized carbons (Fsp3) is 0.889. The first-order valence-electron chi connectivity index (χ1n) is 4.60. The number of hydrogen-bond donors (Lipinski definition) is 0. The molecular weight excluding hydrogens is 188 g/mol. The molecule has 0 aromatic carbocycles. The molecule has 1 aliphatic carbocycles. The van der Waals surface area contributed by atoms with E-state index in [-0.39, 0.29) is 17.0 Å². The first-order valence-corrected chi connectivity index (χ1v) is 6.56. The molecule has 0 aromatic rings. The number of rotatable bonds is 2. The molecule has 4 heteroatoms. The van der Waals surface area contributed by atoms with Gasteiger partial charge in [-0.3, -0.25) is 4.79 Å². The van der Waals surface area contributed by atoms with Crippen LogP contribution in [0.1, 0.15) is 32.6 Å².